The lowest BCUT2D eigenvalue weighted by Crippen LogP contribution is -2.25. The van der Waals surface area contributed by atoms with E-state index in [0.717, 1.165) is 19.5 Å². The average Bonchev–Trinajstić information content (AvgIpc) is 2.78. The lowest BCUT2D eigenvalue weighted by atomic mass is 10.0. The zero-order valence-electron chi connectivity index (χ0n) is 10.7. The van der Waals surface area contributed by atoms with Gasteiger partial charge in [0.25, 0.3) is 0 Å². The molecular formula is C14H20ClNOS. The van der Waals surface area contributed by atoms with E-state index in [1.54, 1.807) is 7.11 Å². The van der Waals surface area contributed by atoms with E-state index in [2.05, 4.69) is 29.6 Å². The maximum absolute atomic E-state index is 6.09. The highest BCUT2D eigenvalue weighted by Gasteiger charge is 2.21. The van der Waals surface area contributed by atoms with Crippen LogP contribution in [-0.2, 0) is 4.74 Å². The number of hydrogen-bond donors (Lipinski definition) is 1. The number of nitrogens with one attached hydrogen (secondary N) is 1. The van der Waals surface area contributed by atoms with Crippen molar-refractivity contribution >= 4 is 23.4 Å². The van der Waals surface area contributed by atoms with Gasteiger partial charge in [0.15, 0.2) is 0 Å². The van der Waals surface area contributed by atoms with Gasteiger partial charge in [-0.15, -0.1) is 23.4 Å². The van der Waals surface area contributed by atoms with Gasteiger partial charge in [-0.05, 0) is 24.6 Å². The van der Waals surface area contributed by atoms with E-state index >= 15 is 0 Å². The fourth-order valence-electron chi connectivity index (χ4n) is 2.20. The maximum Gasteiger partial charge on any atom is 0.0626 e. The molecule has 1 aliphatic rings. The van der Waals surface area contributed by atoms with Crippen LogP contribution in [0.4, 0.5) is 0 Å². The summed E-state index contributed by atoms with van der Waals surface area (Å²) >= 11 is 8.05. The number of halogens is 1. The molecule has 0 bridgehead atoms. The van der Waals surface area contributed by atoms with Gasteiger partial charge in [0, 0.05) is 30.2 Å². The molecule has 0 saturated carbocycles. The second kappa shape index (κ2) is 7.39. The number of ether oxygens (including phenoxy) is 1. The van der Waals surface area contributed by atoms with Gasteiger partial charge in [0.05, 0.1) is 12.0 Å². The third-order valence-electron chi connectivity index (χ3n) is 3.17. The molecule has 0 radical (unpaired) electrons. The number of thioether (sulfide) groups is 1. The smallest absolute Gasteiger partial charge is 0.0626 e. The number of alkyl halides is 1. The molecule has 18 heavy (non-hydrogen) atoms. The molecule has 1 heterocycles. The first kappa shape index (κ1) is 14.2. The minimum Gasteiger partial charge on any atom is -0.383 e. The molecular weight excluding hydrogens is 266 g/mol. The molecule has 2 unspecified atom stereocenters. The van der Waals surface area contributed by atoms with Crippen molar-refractivity contribution in [2.45, 2.75) is 22.6 Å². The molecule has 0 aromatic heterocycles. The van der Waals surface area contributed by atoms with E-state index in [1.807, 2.05) is 11.8 Å². The fourth-order valence-corrected chi connectivity index (χ4v) is 3.69. The van der Waals surface area contributed by atoms with Crippen molar-refractivity contribution in [2.24, 2.45) is 0 Å². The van der Waals surface area contributed by atoms with Gasteiger partial charge >= 0.3 is 0 Å². The Morgan fingerprint density at radius 3 is 3.17 bits per heavy atom. The summed E-state index contributed by atoms with van der Waals surface area (Å²) in [5, 5.41) is 3.62. The summed E-state index contributed by atoms with van der Waals surface area (Å²) in [6.07, 6.45) is 0.955. The molecule has 2 nitrogen and oxygen atoms in total. The first-order valence-electron chi connectivity index (χ1n) is 6.36. The average molecular weight is 286 g/mol. The maximum atomic E-state index is 6.09. The molecule has 4 heteroatoms. The van der Waals surface area contributed by atoms with Crippen LogP contribution >= 0.6 is 23.4 Å². The Balaban J connectivity index is 1.69. The van der Waals surface area contributed by atoms with Crippen LogP contribution in [0.3, 0.4) is 0 Å². The van der Waals surface area contributed by atoms with Gasteiger partial charge in [-0.1, -0.05) is 18.2 Å². The summed E-state index contributed by atoms with van der Waals surface area (Å²) < 4.78 is 5.02. The number of rotatable bonds is 7. The minimum atomic E-state index is 0.118. The van der Waals surface area contributed by atoms with E-state index in [1.165, 1.54) is 16.2 Å². The number of benzene rings is 1. The third kappa shape index (κ3) is 3.89. The van der Waals surface area contributed by atoms with Crippen molar-refractivity contribution in [2.75, 3.05) is 32.6 Å². The molecule has 2 atom stereocenters. The predicted molar refractivity (Wildman–Crippen MR) is 78.9 cm³/mol. The first-order valence-corrected chi connectivity index (χ1v) is 7.79. The van der Waals surface area contributed by atoms with Crippen LogP contribution in [0, 0.1) is 0 Å². The largest absolute Gasteiger partial charge is 0.383 e. The van der Waals surface area contributed by atoms with E-state index in [9.17, 15) is 0 Å². The summed E-state index contributed by atoms with van der Waals surface area (Å²) in [5.74, 6) is 1.83. The predicted octanol–water partition coefficient (Wildman–Crippen LogP) is 3.11. The highest BCUT2D eigenvalue weighted by molar-refractivity contribution is 7.99. The third-order valence-corrected chi connectivity index (χ3v) is 4.77. The molecule has 0 amide bonds. The lowest BCUT2D eigenvalue weighted by Gasteiger charge is -2.13. The molecule has 1 aromatic carbocycles. The number of fused-ring (bicyclic) bond motifs is 1. The second-order valence-electron chi connectivity index (χ2n) is 4.59. The lowest BCUT2D eigenvalue weighted by molar-refractivity contribution is 0.195. The van der Waals surface area contributed by atoms with Gasteiger partial charge in [0.1, 0.15) is 0 Å². The van der Waals surface area contributed by atoms with Crippen LogP contribution < -0.4 is 5.32 Å². The standard InChI is InChI=1S/C14H20ClNOS/c1-17-9-12(15)6-7-16-8-11-10-18-14-5-3-2-4-13(11)14/h2-5,11-12,16H,6-10H2,1H3. The van der Waals surface area contributed by atoms with Crippen molar-refractivity contribution in [1.82, 2.24) is 5.32 Å². The van der Waals surface area contributed by atoms with Crippen LogP contribution in [0.5, 0.6) is 0 Å². The van der Waals surface area contributed by atoms with Crippen molar-refractivity contribution in [3.63, 3.8) is 0 Å². The SMILES string of the molecule is COCC(Cl)CCNCC1CSc2ccccc21. The van der Waals surface area contributed by atoms with Gasteiger partial charge in [-0.25, -0.2) is 0 Å². The summed E-state index contributed by atoms with van der Waals surface area (Å²) in [4.78, 5) is 1.44. The van der Waals surface area contributed by atoms with E-state index < -0.39 is 0 Å². The van der Waals surface area contributed by atoms with Crippen LogP contribution in [0.25, 0.3) is 0 Å². The number of hydrogen-bond acceptors (Lipinski definition) is 3. The Labute approximate surface area is 118 Å². The van der Waals surface area contributed by atoms with Gasteiger partial charge in [-0.2, -0.15) is 0 Å². The van der Waals surface area contributed by atoms with E-state index in [4.69, 9.17) is 16.3 Å². The summed E-state index contributed by atoms with van der Waals surface area (Å²) in [5.41, 5.74) is 1.49. The molecule has 0 aliphatic carbocycles. The Hall–Kier alpha value is -0.220. The fraction of sp³-hybridized carbons (Fsp3) is 0.571. The highest BCUT2D eigenvalue weighted by atomic mass is 35.5. The molecule has 0 spiro atoms. The van der Waals surface area contributed by atoms with Crippen LogP contribution in [-0.4, -0.2) is 37.9 Å². The Morgan fingerprint density at radius 2 is 2.33 bits per heavy atom. The van der Waals surface area contributed by atoms with Gasteiger partial charge in [-0.3, -0.25) is 0 Å². The van der Waals surface area contributed by atoms with Crippen molar-refractivity contribution < 1.29 is 4.74 Å². The zero-order chi connectivity index (χ0) is 12.8. The van der Waals surface area contributed by atoms with Gasteiger partial charge < -0.3 is 10.1 Å². The monoisotopic (exact) mass is 285 g/mol. The highest BCUT2D eigenvalue weighted by Crippen LogP contribution is 2.38. The number of methoxy groups -OCH3 is 1. The van der Waals surface area contributed by atoms with Crippen molar-refractivity contribution in [1.29, 1.82) is 0 Å². The molecule has 2 rings (SSSR count). The molecule has 1 aliphatic heterocycles. The summed E-state index contributed by atoms with van der Waals surface area (Å²) in [7, 11) is 1.69. The quantitative estimate of drug-likeness (QED) is 0.614. The molecule has 1 N–H and O–H groups in total. The zero-order valence-corrected chi connectivity index (χ0v) is 12.3. The van der Waals surface area contributed by atoms with Crippen LogP contribution in [0.1, 0.15) is 17.9 Å². The Kier molecular flexibility index (Phi) is 5.83. The van der Waals surface area contributed by atoms with E-state index in [0.29, 0.717) is 12.5 Å². The molecule has 0 saturated heterocycles. The normalized spacial score (nSPS) is 19.8. The van der Waals surface area contributed by atoms with Crippen molar-refractivity contribution in [3.8, 4) is 0 Å². The van der Waals surface area contributed by atoms with Crippen LogP contribution in [0.2, 0.25) is 0 Å². The van der Waals surface area contributed by atoms with Crippen molar-refractivity contribution in [3.05, 3.63) is 29.8 Å². The van der Waals surface area contributed by atoms with E-state index in [-0.39, 0.29) is 5.38 Å². The molecule has 100 valence electrons. The first-order chi connectivity index (χ1) is 8.81. The summed E-state index contributed by atoms with van der Waals surface area (Å²) in [6, 6.07) is 8.71. The Morgan fingerprint density at radius 1 is 1.50 bits per heavy atom. The molecule has 0 fully saturated rings. The van der Waals surface area contributed by atoms with Crippen LogP contribution in [0.15, 0.2) is 29.2 Å². The minimum absolute atomic E-state index is 0.118. The topological polar surface area (TPSA) is 21.3 Å². The second-order valence-corrected chi connectivity index (χ2v) is 6.27. The summed E-state index contributed by atoms with van der Waals surface area (Å²) in [6.45, 7) is 2.63. The molecule has 1 aromatic rings. The Bertz CT molecular complexity index is 375. The van der Waals surface area contributed by atoms with Gasteiger partial charge in [0.2, 0.25) is 0 Å².